The first kappa shape index (κ1) is 25.2. The van der Waals surface area contributed by atoms with E-state index in [2.05, 4.69) is 23.7 Å². The maximum atomic E-state index is 11.6. The Morgan fingerprint density at radius 3 is 2.70 bits per heavy atom. The van der Waals surface area contributed by atoms with E-state index in [9.17, 15) is 4.79 Å². The summed E-state index contributed by atoms with van der Waals surface area (Å²) >= 11 is 0. The van der Waals surface area contributed by atoms with Gasteiger partial charge in [0, 0.05) is 34.2 Å². The standard InChI is InChI=1S/C20H32N4O2.HI/c1-6-8-9-13-24(5)20(21-7-2)22-15-17-11-10-12-18(14-17)26-16-19(25)23(3)4;/h6,10-12,14H,1,7-9,13,15-16H2,2-5H3,(H,21,22);1H. The Balaban J connectivity index is 0.00000676. The Kier molecular flexibility index (Phi) is 13.4. The zero-order chi connectivity index (χ0) is 19.4. The van der Waals surface area contributed by atoms with Crippen LogP contribution in [0.2, 0.25) is 0 Å². The van der Waals surface area contributed by atoms with Crippen molar-refractivity contribution in [3.05, 3.63) is 42.5 Å². The van der Waals surface area contributed by atoms with Crippen LogP contribution in [0.4, 0.5) is 0 Å². The highest BCUT2D eigenvalue weighted by atomic mass is 127. The molecule has 0 aromatic heterocycles. The van der Waals surface area contributed by atoms with E-state index in [0.29, 0.717) is 12.3 Å². The summed E-state index contributed by atoms with van der Waals surface area (Å²) in [6.07, 6.45) is 3.98. The number of amides is 1. The molecule has 1 aromatic rings. The van der Waals surface area contributed by atoms with Crippen LogP contribution in [0.15, 0.2) is 41.9 Å². The summed E-state index contributed by atoms with van der Waals surface area (Å²) in [5.74, 6) is 1.49. The number of ether oxygens (including phenoxy) is 1. The van der Waals surface area contributed by atoms with Crippen molar-refractivity contribution < 1.29 is 9.53 Å². The number of hydrogen-bond donors (Lipinski definition) is 1. The highest BCUT2D eigenvalue weighted by Gasteiger charge is 2.07. The first-order valence-electron chi connectivity index (χ1n) is 9.00. The third-order valence-corrected chi connectivity index (χ3v) is 3.77. The van der Waals surface area contributed by atoms with Gasteiger partial charge in [-0.3, -0.25) is 4.79 Å². The van der Waals surface area contributed by atoms with Crippen molar-refractivity contribution in [1.82, 2.24) is 15.1 Å². The van der Waals surface area contributed by atoms with Gasteiger partial charge in [-0.15, -0.1) is 30.6 Å². The lowest BCUT2D eigenvalue weighted by molar-refractivity contribution is -0.130. The summed E-state index contributed by atoms with van der Waals surface area (Å²) in [4.78, 5) is 20.0. The van der Waals surface area contributed by atoms with Gasteiger partial charge in [0.05, 0.1) is 6.54 Å². The summed E-state index contributed by atoms with van der Waals surface area (Å²) in [5, 5.41) is 3.32. The van der Waals surface area contributed by atoms with Crippen molar-refractivity contribution in [1.29, 1.82) is 0 Å². The number of halogens is 1. The number of nitrogens with one attached hydrogen (secondary N) is 1. The van der Waals surface area contributed by atoms with Crippen LogP contribution in [0.5, 0.6) is 5.75 Å². The van der Waals surface area contributed by atoms with Gasteiger partial charge in [-0.05, 0) is 37.5 Å². The van der Waals surface area contributed by atoms with Crippen LogP contribution in [0, 0.1) is 0 Å². The molecule has 0 saturated carbocycles. The lowest BCUT2D eigenvalue weighted by Gasteiger charge is -2.21. The zero-order valence-corrected chi connectivity index (χ0v) is 19.2. The molecule has 1 amide bonds. The third kappa shape index (κ3) is 10.2. The molecule has 0 spiro atoms. The van der Waals surface area contributed by atoms with Crippen molar-refractivity contribution in [3.63, 3.8) is 0 Å². The summed E-state index contributed by atoms with van der Waals surface area (Å²) in [5.41, 5.74) is 1.04. The topological polar surface area (TPSA) is 57.2 Å². The highest BCUT2D eigenvalue weighted by molar-refractivity contribution is 14.0. The van der Waals surface area contributed by atoms with E-state index in [1.807, 2.05) is 37.4 Å². The normalized spacial score (nSPS) is 10.6. The maximum Gasteiger partial charge on any atom is 0.259 e. The second-order valence-corrected chi connectivity index (χ2v) is 6.25. The van der Waals surface area contributed by atoms with E-state index in [4.69, 9.17) is 9.73 Å². The van der Waals surface area contributed by atoms with Crippen LogP contribution in [-0.2, 0) is 11.3 Å². The predicted molar refractivity (Wildman–Crippen MR) is 123 cm³/mol. The molecule has 6 nitrogen and oxygen atoms in total. The molecule has 0 aliphatic carbocycles. The Morgan fingerprint density at radius 2 is 2.07 bits per heavy atom. The molecule has 27 heavy (non-hydrogen) atoms. The molecule has 0 radical (unpaired) electrons. The number of benzene rings is 1. The molecule has 0 aliphatic rings. The van der Waals surface area contributed by atoms with Gasteiger partial charge in [-0.25, -0.2) is 4.99 Å². The molecular weight excluding hydrogens is 455 g/mol. The number of likely N-dealkylation sites (N-methyl/N-ethyl adjacent to an activating group) is 1. The van der Waals surface area contributed by atoms with E-state index >= 15 is 0 Å². The number of hydrogen-bond acceptors (Lipinski definition) is 3. The summed E-state index contributed by atoms with van der Waals surface area (Å²) in [6, 6.07) is 7.70. The molecule has 0 fully saturated rings. The molecule has 0 atom stereocenters. The average Bonchev–Trinajstić information content (AvgIpc) is 2.63. The minimum atomic E-state index is -0.0657. The van der Waals surface area contributed by atoms with Gasteiger partial charge in [0.15, 0.2) is 12.6 Å². The first-order valence-corrected chi connectivity index (χ1v) is 9.00. The van der Waals surface area contributed by atoms with Gasteiger partial charge in [-0.1, -0.05) is 18.2 Å². The SMILES string of the molecule is C=CCCCN(C)C(=NCc1cccc(OCC(=O)N(C)C)c1)NCC.I. The van der Waals surface area contributed by atoms with E-state index in [1.54, 1.807) is 14.1 Å². The number of carbonyl (C=O) groups excluding carboxylic acids is 1. The van der Waals surface area contributed by atoms with Crippen LogP contribution in [-0.4, -0.2) is 62.5 Å². The summed E-state index contributed by atoms with van der Waals surface area (Å²) < 4.78 is 5.56. The van der Waals surface area contributed by atoms with Crippen molar-refractivity contribution in [3.8, 4) is 5.75 Å². The molecule has 0 saturated heterocycles. The fourth-order valence-electron chi connectivity index (χ4n) is 2.22. The van der Waals surface area contributed by atoms with E-state index in [1.165, 1.54) is 4.90 Å². The smallest absolute Gasteiger partial charge is 0.259 e. The molecule has 0 heterocycles. The van der Waals surface area contributed by atoms with Crippen LogP contribution in [0.25, 0.3) is 0 Å². The van der Waals surface area contributed by atoms with E-state index in [0.717, 1.165) is 37.5 Å². The Labute approximate surface area is 180 Å². The summed E-state index contributed by atoms with van der Waals surface area (Å²) in [7, 11) is 5.46. The minimum Gasteiger partial charge on any atom is -0.484 e. The number of carbonyl (C=O) groups is 1. The van der Waals surface area contributed by atoms with Crippen molar-refractivity contribution >= 4 is 35.8 Å². The molecule has 152 valence electrons. The second-order valence-electron chi connectivity index (χ2n) is 6.25. The van der Waals surface area contributed by atoms with Crippen LogP contribution in [0.1, 0.15) is 25.3 Å². The second kappa shape index (κ2) is 14.3. The predicted octanol–water partition coefficient (Wildman–Crippen LogP) is 3.14. The van der Waals surface area contributed by atoms with Gasteiger partial charge in [-0.2, -0.15) is 0 Å². The molecule has 1 rings (SSSR count). The summed E-state index contributed by atoms with van der Waals surface area (Å²) in [6.45, 7) is 8.15. The lowest BCUT2D eigenvalue weighted by Crippen LogP contribution is -2.39. The molecule has 1 N–H and O–H groups in total. The molecule has 0 unspecified atom stereocenters. The fraction of sp³-hybridized carbons (Fsp3) is 0.500. The molecule has 0 bridgehead atoms. The van der Waals surface area contributed by atoms with Gasteiger partial charge >= 0.3 is 0 Å². The van der Waals surface area contributed by atoms with Crippen LogP contribution >= 0.6 is 24.0 Å². The Bertz CT molecular complexity index is 605. The van der Waals surface area contributed by atoms with Crippen molar-refractivity contribution in [2.45, 2.75) is 26.3 Å². The number of allylic oxidation sites excluding steroid dienone is 1. The monoisotopic (exact) mass is 488 g/mol. The van der Waals surface area contributed by atoms with Gasteiger partial charge in [0.25, 0.3) is 5.91 Å². The number of guanidine groups is 1. The Hall–Kier alpha value is -1.77. The Morgan fingerprint density at radius 1 is 1.33 bits per heavy atom. The van der Waals surface area contributed by atoms with Gasteiger partial charge in [0.2, 0.25) is 0 Å². The van der Waals surface area contributed by atoms with Crippen molar-refractivity contribution in [2.75, 3.05) is 40.8 Å². The number of unbranched alkanes of at least 4 members (excludes halogenated alkanes) is 1. The van der Waals surface area contributed by atoms with Gasteiger partial charge < -0.3 is 19.9 Å². The fourth-order valence-corrected chi connectivity index (χ4v) is 2.22. The molecule has 7 heteroatoms. The quantitative estimate of drug-likeness (QED) is 0.181. The molecule has 0 aliphatic heterocycles. The van der Waals surface area contributed by atoms with Crippen LogP contribution < -0.4 is 10.1 Å². The van der Waals surface area contributed by atoms with Crippen LogP contribution in [0.3, 0.4) is 0 Å². The highest BCUT2D eigenvalue weighted by Crippen LogP contribution is 2.14. The number of aliphatic imine (C=N–C) groups is 1. The number of rotatable bonds is 10. The largest absolute Gasteiger partial charge is 0.484 e. The molecule has 1 aromatic carbocycles. The third-order valence-electron chi connectivity index (χ3n) is 3.77. The minimum absolute atomic E-state index is 0. The van der Waals surface area contributed by atoms with E-state index in [-0.39, 0.29) is 36.5 Å². The van der Waals surface area contributed by atoms with Crippen molar-refractivity contribution in [2.24, 2.45) is 4.99 Å². The number of nitrogens with zero attached hydrogens (tertiary/aromatic N) is 3. The maximum absolute atomic E-state index is 11.6. The molecular formula is C20H33IN4O2. The zero-order valence-electron chi connectivity index (χ0n) is 16.9. The first-order chi connectivity index (χ1) is 12.5. The lowest BCUT2D eigenvalue weighted by atomic mass is 10.2. The van der Waals surface area contributed by atoms with E-state index < -0.39 is 0 Å². The van der Waals surface area contributed by atoms with Gasteiger partial charge in [0.1, 0.15) is 5.75 Å². The average molecular weight is 488 g/mol.